The lowest BCUT2D eigenvalue weighted by Gasteiger charge is -3.09. The minimum absolute atomic E-state index is 0.0584. The Morgan fingerprint density at radius 1 is 1.15 bits per heavy atom. The van der Waals surface area contributed by atoms with Crippen molar-refractivity contribution in [2.75, 3.05) is 0 Å². The summed E-state index contributed by atoms with van der Waals surface area (Å²) in [4.78, 5) is 11.0. The Kier molecular flexibility index (Phi) is 0.522. The molecule has 6 rings (SSSR count). The second-order valence-electron chi connectivity index (χ2n) is 5.93. The first-order valence-electron chi connectivity index (χ1n) is 5.35. The van der Waals surface area contributed by atoms with Crippen molar-refractivity contribution in [2.24, 2.45) is 40.9 Å². The monoisotopic (exact) mass is 176 g/mol. The topological polar surface area (TPSA) is 26.3 Å². The molecule has 6 fully saturated rings. The van der Waals surface area contributed by atoms with Crippen molar-refractivity contribution in [3.05, 3.63) is 0 Å². The van der Waals surface area contributed by atoms with Gasteiger partial charge in [0.15, 0.2) is 0 Å². The Morgan fingerprint density at radius 2 is 1.69 bits per heavy atom. The third-order valence-corrected chi connectivity index (χ3v) is 6.41. The molecule has 0 aliphatic heterocycles. The highest BCUT2D eigenvalue weighted by Gasteiger charge is 3.11. The number of esters is 1. The van der Waals surface area contributed by atoms with Crippen molar-refractivity contribution in [2.45, 2.75) is 19.4 Å². The van der Waals surface area contributed by atoms with E-state index in [9.17, 15) is 4.79 Å². The highest BCUT2D eigenvalue weighted by atomic mass is 16.6. The highest BCUT2D eigenvalue weighted by molar-refractivity contribution is 5.70. The molecule has 0 spiro atoms. The molecule has 6 saturated carbocycles. The van der Waals surface area contributed by atoms with E-state index in [2.05, 4.69) is 6.92 Å². The summed E-state index contributed by atoms with van der Waals surface area (Å²) in [7, 11) is 0. The van der Waals surface area contributed by atoms with Gasteiger partial charge < -0.3 is 4.74 Å². The van der Waals surface area contributed by atoms with Crippen molar-refractivity contribution in [1.29, 1.82) is 0 Å². The molecule has 0 bridgehead atoms. The van der Waals surface area contributed by atoms with E-state index >= 15 is 0 Å². The molecule has 6 aliphatic carbocycles. The van der Waals surface area contributed by atoms with Gasteiger partial charge >= 0.3 is 5.97 Å². The number of carbonyl (C=O) groups excluding carboxylic acids is 1. The zero-order valence-electron chi connectivity index (χ0n) is 7.78. The summed E-state index contributed by atoms with van der Waals surface area (Å²) in [5.41, 5.74) is 0.529. The molecule has 0 aromatic rings. The molecule has 13 heavy (non-hydrogen) atoms. The summed E-state index contributed by atoms with van der Waals surface area (Å²) in [6, 6.07) is 0. The molecule has 0 aromatic heterocycles. The maximum atomic E-state index is 11.0. The van der Waals surface area contributed by atoms with Crippen LogP contribution >= 0.6 is 0 Å². The molecule has 0 saturated heterocycles. The van der Waals surface area contributed by atoms with Crippen molar-refractivity contribution in [3.8, 4) is 0 Å². The lowest BCUT2D eigenvalue weighted by atomic mass is 8.95. The quantitative estimate of drug-likeness (QED) is 0.558. The van der Waals surface area contributed by atoms with Gasteiger partial charge in [-0.25, -0.2) is 0 Å². The molecule has 0 amide bonds. The molecular formula is C11H12O2. The first-order valence-corrected chi connectivity index (χ1v) is 5.35. The summed E-state index contributed by atoms with van der Waals surface area (Å²) < 4.78 is 5.62. The normalized spacial score (nSPS) is 82.0. The molecule has 0 heterocycles. The van der Waals surface area contributed by atoms with E-state index in [0.717, 1.165) is 35.5 Å². The summed E-state index contributed by atoms with van der Waals surface area (Å²) in [5, 5.41) is 0. The van der Waals surface area contributed by atoms with Crippen LogP contribution in [0.5, 0.6) is 0 Å². The van der Waals surface area contributed by atoms with E-state index in [1.807, 2.05) is 0 Å². The number of rotatable bonds is 1. The Hall–Kier alpha value is -0.530. The van der Waals surface area contributed by atoms with Crippen molar-refractivity contribution >= 4 is 5.97 Å². The second-order valence-corrected chi connectivity index (χ2v) is 5.93. The van der Waals surface area contributed by atoms with Crippen LogP contribution in [0.15, 0.2) is 0 Å². The van der Waals surface area contributed by atoms with Crippen LogP contribution in [-0.2, 0) is 9.53 Å². The number of hydrogen-bond donors (Lipinski definition) is 0. The number of carbonyl (C=O) groups is 1. The van der Waals surface area contributed by atoms with Crippen LogP contribution in [0.3, 0.4) is 0 Å². The summed E-state index contributed by atoms with van der Waals surface area (Å²) in [6.45, 7) is 3.91. The van der Waals surface area contributed by atoms with Crippen LogP contribution in [-0.4, -0.2) is 11.6 Å². The number of ether oxygens (including phenoxy) is 1. The van der Waals surface area contributed by atoms with E-state index in [0.29, 0.717) is 5.41 Å². The largest absolute Gasteiger partial charge is 0.458 e. The highest BCUT2D eigenvalue weighted by Crippen LogP contribution is 3.07. The first-order chi connectivity index (χ1) is 6.15. The summed E-state index contributed by atoms with van der Waals surface area (Å²) in [5.74, 6) is 5.56. The van der Waals surface area contributed by atoms with Crippen LogP contribution in [0.2, 0.25) is 0 Å². The van der Waals surface area contributed by atoms with Crippen molar-refractivity contribution in [1.82, 2.24) is 0 Å². The molecule has 2 nitrogen and oxygen atoms in total. The fourth-order valence-corrected chi connectivity index (χ4v) is 6.46. The van der Waals surface area contributed by atoms with Gasteiger partial charge in [-0.05, 0) is 23.7 Å². The lowest BCUT2D eigenvalue weighted by molar-refractivity contribution is -0.658. The van der Waals surface area contributed by atoms with Gasteiger partial charge in [0, 0.05) is 24.2 Å². The molecular weight excluding hydrogens is 164 g/mol. The first kappa shape index (κ1) is 6.05. The lowest BCUT2D eigenvalue weighted by Crippen LogP contribution is -3.13. The van der Waals surface area contributed by atoms with Crippen molar-refractivity contribution < 1.29 is 9.53 Å². The zero-order chi connectivity index (χ0) is 8.75. The molecule has 68 valence electrons. The fourth-order valence-electron chi connectivity index (χ4n) is 6.46. The van der Waals surface area contributed by atoms with Gasteiger partial charge in [-0.3, -0.25) is 4.79 Å². The molecule has 0 radical (unpaired) electrons. The molecule has 6 aliphatic rings. The Labute approximate surface area is 76.6 Å². The molecule has 2 heteroatoms. The second kappa shape index (κ2) is 1.12. The standard InChI is InChI=1S/C11H12O2/c1-3(12)13-11-8-5-4-6(8)10(11,2)7(4)9(5)11/h4-9H,1-2H3. The number of hydrogen-bond acceptors (Lipinski definition) is 2. The van der Waals surface area contributed by atoms with E-state index in [-0.39, 0.29) is 11.6 Å². The van der Waals surface area contributed by atoms with Gasteiger partial charge in [0.25, 0.3) is 0 Å². The van der Waals surface area contributed by atoms with Crippen LogP contribution in [0.1, 0.15) is 13.8 Å². The van der Waals surface area contributed by atoms with E-state index in [1.54, 1.807) is 6.92 Å². The minimum atomic E-state index is -0.0584. The Balaban J connectivity index is 1.64. The van der Waals surface area contributed by atoms with Gasteiger partial charge in [-0.1, -0.05) is 6.92 Å². The average molecular weight is 176 g/mol. The molecule has 4 atom stereocenters. The zero-order valence-corrected chi connectivity index (χ0v) is 7.78. The predicted octanol–water partition coefficient (Wildman–Crippen LogP) is 1.06. The molecule has 4 unspecified atom stereocenters. The predicted molar refractivity (Wildman–Crippen MR) is 43.5 cm³/mol. The van der Waals surface area contributed by atoms with Crippen molar-refractivity contribution in [3.63, 3.8) is 0 Å². The van der Waals surface area contributed by atoms with E-state index in [1.165, 1.54) is 0 Å². The van der Waals surface area contributed by atoms with Crippen LogP contribution in [0.4, 0.5) is 0 Å². The van der Waals surface area contributed by atoms with Crippen LogP contribution in [0, 0.1) is 40.9 Å². The van der Waals surface area contributed by atoms with Gasteiger partial charge in [0.05, 0.1) is 0 Å². The molecule has 0 aromatic carbocycles. The maximum Gasteiger partial charge on any atom is 0.303 e. The van der Waals surface area contributed by atoms with Gasteiger partial charge in [-0.2, -0.15) is 0 Å². The van der Waals surface area contributed by atoms with Crippen LogP contribution < -0.4 is 0 Å². The minimum Gasteiger partial charge on any atom is -0.458 e. The molecule has 0 N–H and O–H groups in total. The summed E-state index contributed by atoms with van der Waals surface area (Å²) >= 11 is 0. The smallest absolute Gasteiger partial charge is 0.303 e. The SMILES string of the molecule is CC(=O)OC12C3C4C5C3C1(C)C5C42. The van der Waals surface area contributed by atoms with E-state index < -0.39 is 0 Å². The van der Waals surface area contributed by atoms with Gasteiger partial charge in [0.2, 0.25) is 0 Å². The van der Waals surface area contributed by atoms with E-state index in [4.69, 9.17) is 4.74 Å². The van der Waals surface area contributed by atoms with Gasteiger partial charge in [0.1, 0.15) is 5.60 Å². The Morgan fingerprint density at radius 3 is 2.15 bits per heavy atom. The van der Waals surface area contributed by atoms with Crippen LogP contribution in [0.25, 0.3) is 0 Å². The third-order valence-electron chi connectivity index (χ3n) is 6.41. The maximum absolute atomic E-state index is 11.0. The average Bonchev–Trinajstić information content (AvgIpc) is 2.05. The third kappa shape index (κ3) is 0.240. The Bertz CT molecular complexity index is 366. The van der Waals surface area contributed by atoms with Gasteiger partial charge in [-0.15, -0.1) is 0 Å². The fraction of sp³-hybridized carbons (Fsp3) is 0.909. The summed E-state index contributed by atoms with van der Waals surface area (Å²) in [6.07, 6.45) is 0.